The van der Waals surface area contributed by atoms with E-state index in [1.54, 1.807) is 0 Å². The number of aliphatic hydroxyl groups excluding tert-OH is 1. The van der Waals surface area contributed by atoms with Gasteiger partial charge in [-0.1, -0.05) is 48.1 Å². The first kappa shape index (κ1) is 28.7. The number of hydrogen-bond donors (Lipinski definition) is 1. The summed E-state index contributed by atoms with van der Waals surface area (Å²) in [5.41, 5.74) is -1.23. The summed E-state index contributed by atoms with van der Waals surface area (Å²) in [5, 5.41) is 10.8. The zero-order valence-electron chi connectivity index (χ0n) is 23.2. The third kappa shape index (κ3) is 4.53. The van der Waals surface area contributed by atoms with E-state index in [0.29, 0.717) is 5.57 Å². The van der Waals surface area contributed by atoms with Crippen molar-refractivity contribution in [2.45, 2.75) is 115 Å². The van der Waals surface area contributed by atoms with Crippen LogP contribution in [0.4, 0.5) is 0 Å². The Labute approximate surface area is 211 Å². The van der Waals surface area contributed by atoms with E-state index in [2.05, 4.69) is 74.3 Å². The first-order chi connectivity index (χ1) is 15.7. The molecule has 200 valence electrons. The Morgan fingerprint density at radius 1 is 1.00 bits per heavy atom. The highest BCUT2D eigenvalue weighted by Crippen LogP contribution is 2.54. The van der Waals surface area contributed by atoms with Gasteiger partial charge in [-0.15, -0.1) is 0 Å². The van der Waals surface area contributed by atoms with Gasteiger partial charge in [0.05, 0.1) is 6.10 Å². The summed E-state index contributed by atoms with van der Waals surface area (Å²) in [6, 6.07) is 0. The number of aliphatic hydroxyl groups is 1. The number of methoxy groups -OCH3 is 1. The molecule has 0 unspecified atom stereocenters. The van der Waals surface area contributed by atoms with Crippen LogP contribution in [-0.4, -0.2) is 71.5 Å². The van der Waals surface area contributed by atoms with Gasteiger partial charge in [-0.2, -0.15) is 0 Å². The number of ether oxygens (including phenoxy) is 3. The zero-order valence-corrected chi connectivity index (χ0v) is 25.2. The third-order valence-corrected chi connectivity index (χ3v) is 17.9. The molecule has 2 aliphatic heterocycles. The lowest BCUT2D eigenvalue weighted by atomic mass is 9.64. The number of Topliss-reactive ketones (excluding diaryl/α,β-unsaturated/α-hetero) is 1. The van der Waals surface area contributed by atoms with E-state index in [1.165, 1.54) is 7.11 Å². The minimum Gasteiger partial charge on any atom is -0.433 e. The molecule has 0 amide bonds. The number of cyclic esters (lactones) is 1. The average molecular weight is 529 g/mol. The molecule has 3 fully saturated rings. The highest BCUT2D eigenvalue weighted by Gasteiger charge is 2.71. The first-order valence-corrected chi connectivity index (χ1v) is 18.2. The Balaban J connectivity index is 2.10. The van der Waals surface area contributed by atoms with Crippen LogP contribution in [0.25, 0.3) is 0 Å². The summed E-state index contributed by atoms with van der Waals surface area (Å²) in [5.74, 6) is -1.99. The van der Waals surface area contributed by atoms with Gasteiger partial charge in [-0.3, -0.25) is 9.59 Å². The van der Waals surface area contributed by atoms with Crippen molar-refractivity contribution in [1.82, 2.24) is 0 Å². The van der Waals surface area contributed by atoms with E-state index in [0.717, 1.165) is 0 Å². The molecule has 2 heterocycles. The summed E-state index contributed by atoms with van der Waals surface area (Å²) in [6.45, 7) is 24.8. The molecular weight excluding hydrogens is 484 g/mol. The standard InChI is InChI=1S/C25H44O8Si2/c1-14-16-15(30-20(14)29-8)13-25(18(27)17(16)26)19(32-34(9,10)23(2,3)4)21(31-22(25)28)33-35(11,12)24(5,6)7/h15-17,19-21,26H,1,13H2,2-12H3/t15-,16-,17-,19+,20-,21-,25+/m0/s1. The molecule has 10 heteroatoms. The van der Waals surface area contributed by atoms with Crippen molar-refractivity contribution in [3.8, 4) is 0 Å². The van der Waals surface area contributed by atoms with E-state index in [4.69, 9.17) is 23.1 Å². The molecule has 0 bridgehead atoms. The van der Waals surface area contributed by atoms with Crippen molar-refractivity contribution >= 4 is 28.4 Å². The fraction of sp³-hybridized carbons (Fsp3) is 0.840. The summed E-state index contributed by atoms with van der Waals surface area (Å²) >= 11 is 0. The number of fused-ring (bicyclic) bond motifs is 1. The number of rotatable bonds is 5. The van der Waals surface area contributed by atoms with Crippen LogP contribution >= 0.6 is 0 Å². The van der Waals surface area contributed by atoms with Crippen LogP contribution in [0, 0.1) is 11.3 Å². The van der Waals surface area contributed by atoms with E-state index >= 15 is 0 Å². The largest absolute Gasteiger partial charge is 0.433 e. The second-order valence-corrected chi connectivity index (χ2v) is 22.8. The molecule has 7 atom stereocenters. The Morgan fingerprint density at radius 3 is 2.00 bits per heavy atom. The molecule has 0 radical (unpaired) electrons. The van der Waals surface area contributed by atoms with Crippen LogP contribution in [0.2, 0.25) is 36.3 Å². The first-order valence-electron chi connectivity index (χ1n) is 12.4. The molecule has 1 N–H and O–H groups in total. The quantitative estimate of drug-likeness (QED) is 0.246. The van der Waals surface area contributed by atoms with Crippen LogP contribution < -0.4 is 0 Å². The van der Waals surface area contributed by atoms with Crippen LogP contribution in [0.1, 0.15) is 48.0 Å². The maximum Gasteiger partial charge on any atom is 0.325 e. The van der Waals surface area contributed by atoms with Crippen molar-refractivity contribution < 1.29 is 37.8 Å². The van der Waals surface area contributed by atoms with Gasteiger partial charge in [-0.05, 0) is 41.8 Å². The maximum absolute atomic E-state index is 13.9. The molecule has 35 heavy (non-hydrogen) atoms. The average Bonchev–Trinajstić information content (AvgIpc) is 3.13. The van der Waals surface area contributed by atoms with Gasteiger partial charge in [0.1, 0.15) is 12.2 Å². The number of carbonyl (C=O) groups excluding carboxylic acids is 2. The number of ketones is 1. The highest BCUT2D eigenvalue weighted by molar-refractivity contribution is 6.74. The van der Waals surface area contributed by atoms with Gasteiger partial charge >= 0.3 is 5.97 Å². The van der Waals surface area contributed by atoms with Crippen molar-refractivity contribution in [1.29, 1.82) is 0 Å². The third-order valence-electron chi connectivity index (χ3n) is 8.98. The van der Waals surface area contributed by atoms with E-state index < -0.39 is 70.6 Å². The fourth-order valence-electron chi connectivity index (χ4n) is 4.62. The minimum atomic E-state index is -2.51. The lowest BCUT2D eigenvalue weighted by molar-refractivity contribution is -0.174. The number of esters is 1. The summed E-state index contributed by atoms with van der Waals surface area (Å²) in [6.07, 6.45) is -4.89. The predicted molar refractivity (Wildman–Crippen MR) is 137 cm³/mol. The lowest BCUT2D eigenvalue weighted by Gasteiger charge is -2.46. The zero-order chi connectivity index (χ0) is 26.9. The van der Waals surface area contributed by atoms with Gasteiger partial charge in [-0.25, -0.2) is 0 Å². The monoisotopic (exact) mass is 528 g/mol. The smallest absolute Gasteiger partial charge is 0.325 e. The molecule has 1 spiro atoms. The Morgan fingerprint density at radius 2 is 1.51 bits per heavy atom. The molecule has 1 aliphatic carbocycles. The summed E-state index contributed by atoms with van der Waals surface area (Å²) in [7, 11) is -3.44. The highest BCUT2D eigenvalue weighted by atomic mass is 28.4. The Hall–Kier alpha value is -0.886. The van der Waals surface area contributed by atoms with Gasteiger partial charge in [0.2, 0.25) is 6.29 Å². The molecule has 3 rings (SSSR count). The van der Waals surface area contributed by atoms with E-state index in [-0.39, 0.29) is 16.5 Å². The van der Waals surface area contributed by atoms with Crippen molar-refractivity contribution in [3.63, 3.8) is 0 Å². The van der Waals surface area contributed by atoms with E-state index in [1.807, 2.05) is 0 Å². The topological polar surface area (TPSA) is 101 Å². The molecule has 0 aromatic rings. The van der Waals surface area contributed by atoms with E-state index in [9.17, 15) is 14.7 Å². The molecular formula is C25H44O8Si2. The molecule has 2 saturated heterocycles. The maximum atomic E-state index is 13.9. The van der Waals surface area contributed by atoms with Gasteiger partial charge < -0.3 is 28.2 Å². The fourth-order valence-corrected chi connectivity index (χ4v) is 7.03. The van der Waals surface area contributed by atoms with Crippen LogP contribution in [0.15, 0.2) is 12.2 Å². The molecule has 8 nitrogen and oxygen atoms in total. The minimum absolute atomic E-state index is 0.0158. The summed E-state index contributed by atoms with van der Waals surface area (Å²) < 4.78 is 30.5. The van der Waals surface area contributed by atoms with Crippen LogP contribution in [0.3, 0.4) is 0 Å². The normalized spacial score (nSPS) is 36.6. The lowest BCUT2D eigenvalue weighted by Crippen LogP contribution is -2.62. The summed E-state index contributed by atoms with van der Waals surface area (Å²) in [4.78, 5) is 27.5. The second kappa shape index (κ2) is 8.85. The van der Waals surface area contributed by atoms with Gasteiger partial charge in [0.25, 0.3) is 0 Å². The SMILES string of the molecule is C=C1[C@@H](OC)O[C@H]2C[C@@]3(C(=O)O[C@@H](O[Si](C)(C)C(C)(C)C)[C@H]3O[Si](C)(C)C(C)(C)C)C(=O)[C@@H](O)[C@@H]12. The van der Waals surface area contributed by atoms with Gasteiger partial charge in [0, 0.05) is 19.4 Å². The van der Waals surface area contributed by atoms with Gasteiger partial charge in [0.15, 0.2) is 34.1 Å². The predicted octanol–water partition coefficient (Wildman–Crippen LogP) is 4.15. The Kier molecular flexibility index (Phi) is 7.25. The van der Waals surface area contributed by atoms with Crippen molar-refractivity contribution in [2.75, 3.05) is 7.11 Å². The van der Waals surface area contributed by atoms with Crippen LogP contribution in [-0.2, 0) is 32.7 Å². The molecule has 1 saturated carbocycles. The number of carbonyl (C=O) groups is 2. The molecule has 3 aliphatic rings. The second-order valence-electron chi connectivity index (χ2n) is 13.3. The molecule has 0 aromatic heterocycles. The Bertz CT molecular complexity index is 887. The van der Waals surface area contributed by atoms with Crippen LogP contribution in [0.5, 0.6) is 0 Å². The molecule has 0 aromatic carbocycles. The van der Waals surface area contributed by atoms with Crippen molar-refractivity contribution in [3.05, 3.63) is 12.2 Å². The van der Waals surface area contributed by atoms with Crippen molar-refractivity contribution in [2.24, 2.45) is 11.3 Å². The number of hydrogen-bond acceptors (Lipinski definition) is 8.